The van der Waals surface area contributed by atoms with E-state index in [9.17, 15) is 59.5 Å². The molecule has 0 aliphatic heterocycles. The van der Waals surface area contributed by atoms with Crippen molar-refractivity contribution in [3.63, 3.8) is 0 Å². The SMILES string of the molecule is C[C@H](CCC(=O)O)[C@H]1CCC2C(/C=N/Nc3ccc([N+](=O)[O-])cc3[N+](=O)[O-])C([C@@]3(C)CC[C@H](O)CC3=O)CC[C@@]21C.C[C@H](CCC(=O)O)[C@H]1CCC2C(C=O)C([C@@]3(C)CC[C@H](O)CC3=O)CC[C@@]21C. The Morgan fingerprint density at radius 3 is 1.59 bits per heavy atom. The topological polar surface area (TPSA) is 277 Å². The first-order chi connectivity index (χ1) is 32.4. The first-order valence-corrected chi connectivity index (χ1v) is 25.4. The first kappa shape index (κ1) is 53.7. The maximum absolute atomic E-state index is 13.4. The minimum atomic E-state index is -0.803. The summed E-state index contributed by atoms with van der Waals surface area (Å²) >= 11 is 0. The summed E-state index contributed by atoms with van der Waals surface area (Å²) in [5.74, 6) is 0.180. The highest BCUT2D eigenvalue weighted by Gasteiger charge is 2.61. The number of hydrazone groups is 1. The van der Waals surface area contributed by atoms with Crippen molar-refractivity contribution in [2.45, 2.75) is 169 Å². The summed E-state index contributed by atoms with van der Waals surface area (Å²) in [5.41, 5.74) is 0.739. The molecule has 382 valence electrons. The van der Waals surface area contributed by atoms with Crippen molar-refractivity contribution in [1.82, 2.24) is 0 Å². The summed E-state index contributed by atoms with van der Waals surface area (Å²) in [6.07, 6.45) is 13.5. The summed E-state index contributed by atoms with van der Waals surface area (Å²) in [7, 11) is 0. The van der Waals surface area contributed by atoms with Crippen LogP contribution in [-0.2, 0) is 24.0 Å². The Bertz CT molecular complexity index is 2150. The van der Waals surface area contributed by atoms with Crippen LogP contribution >= 0.6 is 0 Å². The van der Waals surface area contributed by atoms with E-state index < -0.39 is 56.2 Å². The number of carbonyl (C=O) groups is 5. The molecule has 6 fully saturated rings. The summed E-state index contributed by atoms with van der Waals surface area (Å²) in [4.78, 5) is 82.0. The molecule has 6 aliphatic carbocycles. The van der Waals surface area contributed by atoms with Gasteiger partial charge in [0, 0.05) is 60.6 Å². The quantitative estimate of drug-likeness (QED) is 0.0447. The van der Waals surface area contributed by atoms with E-state index in [1.165, 1.54) is 12.1 Å². The van der Waals surface area contributed by atoms with Crippen molar-refractivity contribution in [3.8, 4) is 0 Å². The van der Waals surface area contributed by atoms with E-state index in [1.807, 2.05) is 13.8 Å². The zero-order valence-electron chi connectivity index (χ0n) is 41.3. The van der Waals surface area contributed by atoms with Crippen LogP contribution in [0.3, 0.4) is 0 Å². The number of nitrogens with one attached hydrogen (secondary N) is 1. The summed E-state index contributed by atoms with van der Waals surface area (Å²) in [5, 5.41) is 65.5. The second-order valence-corrected chi connectivity index (χ2v) is 23.1. The fourth-order valence-electron chi connectivity index (χ4n) is 15.5. The molecule has 0 saturated heterocycles. The molecule has 16 atom stereocenters. The maximum Gasteiger partial charge on any atom is 0.303 e. The van der Waals surface area contributed by atoms with Gasteiger partial charge in [-0.05, 0) is 154 Å². The number of carbonyl (C=O) groups excluding carboxylic acids is 3. The minimum Gasteiger partial charge on any atom is -0.481 e. The highest BCUT2D eigenvalue weighted by atomic mass is 16.6. The van der Waals surface area contributed by atoms with E-state index in [4.69, 9.17) is 5.11 Å². The van der Waals surface area contributed by atoms with Gasteiger partial charge in [0.25, 0.3) is 5.69 Å². The number of fused-ring (bicyclic) bond motifs is 2. The molecule has 0 heterocycles. The molecule has 0 radical (unpaired) electrons. The molecule has 0 spiro atoms. The lowest BCUT2D eigenvalue weighted by atomic mass is 9.50. The predicted molar refractivity (Wildman–Crippen MR) is 257 cm³/mol. The third kappa shape index (κ3) is 10.8. The van der Waals surface area contributed by atoms with Crippen LogP contribution in [0.25, 0.3) is 0 Å². The van der Waals surface area contributed by atoms with Gasteiger partial charge in [-0.15, -0.1) is 0 Å². The van der Waals surface area contributed by atoms with Crippen LogP contribution < -0.4 is 5.43 Å². The van der Waals surface area contributed by atoms with E-state index in [0.717, 1.165) is 63.7 Å². The highest BCUT2D eigenvalue weighted by molar-refractivity contribution is 5.87. The number of aliphatic hydroxyl groups excluding tert-OH is 2. The number of carboxylic acids is 2. The van der Waals surface area contributed by atoms with E-state index in [2.05, 4.69) is 38.2 Å². The number of benzene rings is 1. The van der Waals surface area contributed by atoms with Crippen LogP contribution in [-0.4, -0.2) is 78.5 Å². The molecule has 5 N–H and O–H groups in total. The lowest BCUT2D eigenvalue weighted by Gasteiger charge is -2.54. The van der Waals surface area contributed by atoms with Crippen molar-refractivity contribution >= 4 is 53.1 Å². The monoisotopic (exact) mass is 965 g/mol. The molecule has 0 bridgehead atoms. The molecule has 69 heavy (non-hydrogen) atoms. The van der Waals surface area contributed by atoms with Crippen molar-refractivity contribution in [1.29, 1.82) is 0 Å². The lowest BCUT2D eigenvalue weighted by molar-refractivity contribution is -0.393. The number of hydrogen-bond acceptors (Lipinski definition) is 13. The Morgan fingerprint density at radius 1 is 0.710 bits per heavy atom. The van der Waals surface area contributed by atoms with Crippen molar-refractivity contribution < 1.29 is 54.2 Å². The molecular weight excluding hydrogens is 889 g/mol. The number of nitrogens with zero attached hydrogens (tertiary/aromatic N) is 3. The first-order valence-electron chi connectivity index (χ1n) is 25.4. The number of aldehydes is 1. The largest absolute Gasteiger partial charge is 0.481 e. The van der Waals surface area contributed by atoms with E-state index in [1.54, 1.807) is 6.21 Å². The van der Waals surface area contributed by atoms with Gasteiger partial charge in [-0.3, -0.25) is 44.8 Å². The molecule has 17 nitrogen and oxygen atoms in total. The Hall–Kier alpha value is -4.64. The summed E-state index contributed by atoms with van der Waals surface area (Å²) in [6, 6.07) is 3.34. The Labute approximate surface area is 405 Å². The number of aliphatic hydroxyl groups is 2. The van der Waals surface area contributed by atoms with Gasteiger partial charge in [0.15, 0.2) is 0 Å². The number of anilines is 1. The number of Topliss-reactive ketones (excluding diaryl/α,β-unsaturated/α-hetero) is 2. The number of rotatable bonds is 16. The molecule has 6 aliphatic rings. The van der Waals surface area contributed by atoms with Gasteiger partial charge in [-0.25, -0.2) is 0 Å². The molecular formula is C52H76N4O13. The van der Waals surface area contributed by atoms with Gasteiger partial charge in [0.1, 0.15) is 23.5 Å². The van der Waals surface area contributed by atoms with Crippen LogP contribution in [0.4, 0.5) is 17.1 Å². The molecule has 0 aromatic heterocycles. The number of nitro groups is 2. The smallest absolute Gasteiger partial charge is 0.303 e. The van der Waals surface area contributed by atoms with Gasteiger partial charge in [-0.2, -0.15) is 5.10 Å². The number of nitro benzene ring substituents is 2. The zero-order valence-corrected chi connectivity index (χ0v) is 41.3. The average Bonchev–Trinajstić information content (AvgIpc) is 3.84. The Morgan fingerprint density at radius 2 is 1.17 bits per heavy atom. The van der Waals surface area contributed by atoms with Gasteiger partial charge in [0.05, 0.1) is 28.1 Å². The predicted octanol–water partition coefficient (Wildman–Crippen LogP) is 9.45. The van der Waals surface area contributed by atoms with E-state index in [-0.39, 0.29) is 95.2 Å². The molecule has 17 heteroatoms. The van der Waals surface area contributed by atoms with Gasteiger partial charge < -0.3 is 25.2 Å². The normalized spacial score (nSPS) is 38.5. The summed E-state index contributed by atoms with van der Waals surface area (Å²) < 4.78 is 0. The van der Waals surface area contributed by atoms with Crippen LogP contribution in [0, 0.1) is 101 Å². The van der Waals surface area contributed by atoms with E-state index in [0.29, 0.717) is 56.3 Å². The standard InChI is InChI=1S/C29H40N4O8.C23H36O5/c1-17(4-9-27(36)37)21-6-7-22-20(16-30-31-24-8-5-18(32(38)39)14-25(24)33(40)41)23(11-13-28(21,22)2)29(3)12-10-19(34)15-26(29)35;1-14(4-7-21(27)28)17-5-6-18-16(13-24)19(9-11-22(17,18)2)23(3)10-8-15(25)12-20(23)26/h5,8,14,16-17,19-23,31,34H,4,6-7,9-13,15H2,1-3H3,(H,36,37);13-19,25H,4-12H2,1-3H3,(H,27,28)/b30-16+;/t17-,19+,20?,21-,22?,23?,28-,29-;14-,15+,16?,17-,18?,19?,22-,23-/m11/s1. The fourth-order valence-corrected chi connectivity index (χ4v) is 15.5. The Kier molecular flexibility index (Phi) is 16.6. The average molecular weight is 965 g/mol. The molecule has 1 aromatic rings. The van der Waals surface area contributed by atoms with Crippen LogP contribution in [0.2, 0.25) is 0 Å². The second kappa shape index (κ2) is 21.4. The minimum absolute atomic E-state index is 0.0293. The van der Waals surface area contributed by atoms with Crippen LogP contribution in [0.1, 0.15) is 157 Å². The zero-order chi connectivity index (χ0) is 50.8. The number of carboxylic acid groups (broad SMARTS) is 2. The van der Waals surface area contributed by atoms with Crippen molar-refractivity contribution in [2.75, 3.05) is 5.43 Å². The fraction of sp³-hybridized carbons (Fsp3) is 0.769. The van der Waals surface area contributed by atoms with Gasteiger partial charge in [0.2, 0.25) is 0 Å². The molecule has 1 aromatic carbocycles. The van der Waals surface area contributed by atoms with Crippen molar-refractivity contribution in [2.24, 2.45) is 85.9 Å². The lowest BCUT2D eigenvalue weighted by Crippen LogP contribution is -2.52. The molecule has 0 amide bonds. The summed E-state index contributed by atoms with van der Waals surface area (Å²) in [6.45, 7) is 12.9. The van der Waals surface area contributed by atoms with E-state index >= 15 is 0 Å². The van der Waals surface area contributed by atoms with Gasteiger partial charge >= 0.3 is 17.6 Å². The van der Waals surface area contributed by atoms with Crippen molar-refractivity contribution in [3.05, 3.63) is 38.4 Å². The maximum atomic E-state index is 13.4. The number of ketones is 2. The molecule has 6 unspecified atom stereocenters. The van der Waals surface area contributed by atoms with Crippen LogP contribution in [0.5, 0.6) is 0 Å². The second-order valence-electron chi connectivity index (χ2n) is 23.1. The Balaban J connectivity index is 0.000000243. The number of aliphatic carboxylic acids is 2. The van der Waals surface area contributed by atoms with Gasteiger partial charge in [-0.1, -0.05) is 41.5 Å². The molecule has 6 saturated carbocycles. The number of non-ortho nitro benzene ring substituents is 1. The third-order valence-corrected chi connectivity index (χ3v) is 19.5. The molecule has 7 rings (SSSR count). The third-order valence-electron chi connectivity index (χ3n) is 19.5. The number of hydrogen-bond donors (Lipinski definition) is 5. The highest BCUT2D eigenvalue weighted by Crippen LogP contribution is 2.65. The van der Waals surface area contributed by atoms with Crippen LogP contribution in [0.15, 0.2) is 23.3 Å².